The second kappa shape index (κ2) is 30.4. The van der Waals surface area contributed by atoms with Crippen molar-refractivity contribution in [2.75, 3.05) is 6.54 Å². The van der Waals surface area contributed by atoms with Crippen LogP contribution in [0.1, 0.15) is 40.0 Å². The summed E-state index contributed by atoms with van der Waals surface area (Å²) in [5.41, 5.74) is 0.0561. The van der Waals surface area contributed by atoms with Crippen molar-refractivity contribution in [2.24, 2.45) is 20.8 Å². The molecule has 14 nitrogen and oxygen atoms in total. The normalized spacial score (nSPS) is 15.6. The molecule has 2 aromatic rings. The van der Waals surface area contributed by atoms with E-state index in [1.54, 1.807) is 60.7 Å². The molecular formula is C32H40N4O10. The highest BCUT2D eigenvalue weighted by atomic mass is 16.4. The molecular weight excluding hydrogens is 600 g/mol. The first kappa shape index (κ1) is 46.9. The molecule has 0 heterocycles. The number of isocyanates is 4. The Hall–Kier alpha value is -6.02. The maximum absolute atomic E-state index is 10.3. The smallest absolute Gasteiger partial charge is 0.327 e. The molecule has 1 aliphatic carbocycles. The van der Waals surface area contributed by atoms with Crippen molar-refractivity contribution < 1.29 is 49.2 Å². The third kappa shape index (κ3) is 36.0. The summed E-state index contributed by atoms with van der Waals surface area (Å²) >= 11 is 0. The third-order valence-corrected chi connectivity index (χ3v) is 5.04. The van der Waals surface area contributed by atoms with Gasteiger partial charge in [0.25, 0.3) is 0 Å². The summed E-state index contributed by atoms with van der Waals surface area (Å²) in [4.78, 5) is 63.2. The Balaban J connectivity index is -0.000000248. The molecule has 0 aliphatic heterocycles. The Kier molecular flexibility index (Phi) is 31.1. The number of nitrogens with zero attached hydrogens (tertiary/aromatic N) is 2. The number of phenols is 2. The topological polar surface area (TPSA) is 256 Å². The molecule has 46 heavy (non-hydrogen) atoms. The van der Waals surface area contributed by atoms with Gasteiger partial charge in [0, 0.05) is 12.2 Å². The number of aromatic hydroxyl groups is 2. The van der Waals surface area contributed by atoms with Crippen LogP contribution in [-0.2, 0) is 28.8 Å². The maximum Gasteiger partial charge on any atom is 0.327 e. The van der Waals surface area contributed by atoms with Crippen molar-refractivity contribution >= 4 is 36.3 Å². The van der Waals surface area contributed by atoms with Crippen LogP contribution >= 0.6 is 0 Å². The van der Waals surface area contributed by atoms with Crippen LogP contribution in [0.2, 0.25) is 0 Å². The van der Waals surface area contributed by atoms with Crippen LogP contribution in [0.25, 0.3) is 0 Å². The standard InChI is InChI=1S/C12H18N2O2.2C6H6O.2C3H4O2.2CHNO/c1-11(2)4-10(14-9-16)5-12(3,6-11)7-13-8-15;2*7-6-4-2-1-3-5-6;2*1-2-3(4)5;2*2-1-3/h10H,4-7H2,1-3H3;2*1-5,7H;2*2H,1H2,(H,4,5);2*2H. The Bertz CT molecular complexity index is 1240. The molecule has 1 saturated carbocycles. The maximum atomic E-state index is 10.3. The third-order valence-electron chi connectivity index (χ3n) is 5.04. The number of hydrogen-bond acceptors (Lipinski definition) is 12. The van der Waals surface area contributed by atoms with E-state index in [9.17, 15) is 19.2 Å². The first-order valence-corrected chi connectivity index (χ1v) is 12.9. The van der Waals surface area contributed by atoms with Gasteiger partial charge in [-0.25, -0.2) is 49.6 Å². The summed E-state index contributed by atoms with van der Waals surface area (Å²) in [7, 11) is 0. The molecule has 2 atom stereocenters. The van der Waals surface area contributed by atoms with E-state index >= 15 is 0 Å². The van der Waals surface area contributed by atoms with Gasteiger partial charge in [-0.15, -0.1) is 0 Å². The highest BCUT2D eigenvalue weighted by Gasteiger charge is 2.41. The van der Waals surface area contributed by atoms with E-state index in [0.29, 0.717) is 18.0 Å². The fraction of sp³-hybridized carbons (Fsp3) is 0.312. The Morgan fingerprint density at radius 2 is 1.15 bits per heavy atom. The second-order valence-electron chi connectivity index (χ2n) is 9.80. The van der Waals surface area contributed by atoms with Crippen molar-refractivity contribution in [3.8, 4) is 11.5 Å². The number of benzene rings is 2. The van der Waals surface area contributed by atoms with Gasteiger partial charge in [-0.2, -0.15) is 0 Å². The molecule has 3 rings (SSSR count). The van der Waals surface area contributed by atoms with Gasteiger partial charge in [-0.3, -0.25) is 0 Å². The predicted molar refractivity (Wildman–Crippen MR) is 169 cm³/mol. The first-order chi connectivity index (χ1) is 21.6. The monoisotopic (exact) mass is 640 g/mol. The number of para-hydroxylation sites is 2. The van der Waals surface area contributed by atoms with Gasteiger partial charge in [0.1, 0.15) is 11.5 Å². The van der Waals surface area contributed by atoms with Crippen LogP contribution in [0.5, 0.6) is 11.5 Å². The molecule has 6 N–H and O–H groups in total. The minimum atomic E-state index is -0.981. The lowest BCUT2D eigenvalue weighted by Gasteiger charge is -2.44. The molecule has 2 unspecified atom stereocenters. The van der Waals surface area contributed by atoms with Gasteiger partial charge in [-0.1, -0.05) is 70.3 Å². The average molecular weight is 641 g/mol. The van der Waals surface area contributed by atoms with Gasteiger partial charge >= 0.3 is 11.9 Å². The first-order valence-electron chi connectivity index (χ1n) is 12.9. The second-order valence-corrected chi connectivity index (χ2v) is 9.80. The van der Waals surface area contributed by atoms with E-state index in [1.165, 1.54) is 0 Å². The number of aliphatic imine (C=N–C) groups is 2. The zero-order valence-electron chi connectivity index (χ0n) is 25.9. The number of phenolic OH excluding ortho intramolecular Hbond substituents is 2. The minimum absolute atomic E-state index is 0.00750. The van der Waals surface area contributed by atoms with Crippen molar-refractivity contribution in [3.05, 3.63) is 86.0 Å². The molecule has 14 heteroatoms. The lowest BCUT2D eigenvalue weighted by atomic mass is 9.63. The van der Waals surface area contributed by atoms with E-state index in [2.05, 4.69) is 43.9 Å². The molecule has 0 saturated heterocycles. The fourth-order valence-corrected chi connectivity index (χ4v) is 3.94. The molecule has 0 aromatic heterocycles. The number of hydrogen-bond donors (Lipinski definition) is 6. The minimum Gasteiger partial charge on any atom is -0.508 e. The zero-order valence-corrected chi connectivity index (χ0v) is 25.9. The van der Waals surface area contributed by atoms with E-state index in [4.69, 9.17) is 40.8 Å². The SMILES string of the molecule is C=CC(=O)O.C=CC(=O)O.CC1(C)CC(N=C=O)CC(C)(CN=C=O)C1.N=C=O.N=C=O.Oc1ccccc1.Oc1ccccc1. The summed E-state index contributed by atoms with van der Waals surface area (Å²) in [6.45, 7) is 12.8. The quantitative estimate of drug-likeness (QED) is 0.139. The number of rotatable bonds is 5. The number of aliphatic carboxylic acids is 2. The van der Waals surface area contributed by atoms with E-state index in [0.717, 1.165) is 43.6 Å². The number of carboxylic acid groups (broad SMARTS) is 2. The van der Waals surface area contributed by atoms with Gasteiger partial charge in [0.05, 0.1) is 12.6 Å². The average Bonchev–Trinajstić information content (AvgIpc) is 2.98. The number of carbonyl (C=O) groups is 2. The molecule has 1 aliphatic rings. The van der Waals surface area contributed by atoms with E-state index in [-0.39, 0.29) is 16.9 Å². The van der Waals surface area contributed by atoms with Crippen molar-refractivity contribution in [3.63, 3.8) is 0 Å². The van der Waals surface area contributed by atoms with Crippen molar-refractivity contribution in [2.45, 2.75) is 46.1 Å². The summed E-state index contributed by atoms with van der Waals surface area (Å²) in [6.07, 6.45) is 9.05. The van der Waals surface area contributed by atoms with Crippen molar-refractivity contribution in [1.29, 1.82) is 10.8 Å². The summed E-state index contributed by atoms with van der Waals surface area (Å²) < 4.78 is 0. The fourth-order valence-electron chi connectivity index (χ4n) is 3.94. The summed E-state index contributed by atoms with van der Waals surface area (Å²) in [5, 5.41) is 43.3. The van der Waals surface area contributed by atoms with Crippen LogP contribution in [0, 0.1) is 21.6 Å². The van der Waals surface area contributed by atoms with Gasteiger partial charge in [-0.05, 0) is 54.4 Å². The Morgan fingerprint density at radius 3 is 1.39 bits per heavy atom. The Morgan fingerprint density at radius 1 is 0.804 bits per heavy atom. The summed E-state index contributed by atoms with van der Waals surface area (Å²) in [5.74, 6) is -1.32. The molecule has 1 fully saturated rings. The van der Waals surface area contributed by atoms with Crippen LogP contribution in [0.3, 0.4) is 0 Å². The molecule has 2 aromatic carbocycles. The lowest BCUT2D eigenvalue weighted by Crippen LogP contribution is -2.39. The van der Waals surface area contributed by atoms with Crippen LogP contribution < -0.4 is 0 Å². The van der Waals surface area contributed by atoms with Gasteiger partial charge in [0.15, 0.2) is 0 Å². The predicted octanol–water partition coefficient (Wildman–Crippen LogP) is 5.34. The summed E-state index contributed by atoms with van der Waals surface area (Å²) in [6, 6.07) is 17.4. The Labute approximate surface area is 267 Å². The van der Waals surface area contributed by atoms with Crippen molar-refractivity contribution in [1.82, 2.24) is 0 Å². The molecule has 0 radical (unpaired) electrons. The number of carbonyl (C=O) groups excluding carboxylic acids is 4. The van der Waals surface area contributed by atoms with E-state index < -0.39 is 11.9 Å². The molecule has 0 spiro atoms. The van der Waals surface area contributed by atoms with Gasteiger partial charge in [0.2, 0.25) is 24.3 Å². The highest BCUT2D eigenvalue weighted by molar-refractivity contribution is 5.79. The number of carboxylic acids is 2. The number of nitrogens with one attached hydrogen (secondary N) is 2. The lowest BCUT2D eigenvalue weighted by molar-refractivity contribution is -0.132. The molecule has 0 bridgehead atoms. The van der Waals surface area contributed by atoms with Crippen LogP contribution in [-0.4, -0.2) is 69.3 Å². The largest absolute Gasteiger partial charge is 0.508 e. The van der Waals surface area contributed by atoms with Crippen LogP contribution in [0.4, 0.5) is 0 Å². The zero-order chi connectivity index (χ0) is 36.4. The highest BCUT2D eigenvalue weighted by Crippen LogP contribution is 2.47. The van der Waals surface area contributed by atoms with E-state index in [1.807, 2.05) is 12.1 Å². The molecule has 248 valence electrons. The van der Waals surface area contributed by atoms with Gasteiger partial charge < -0.3 is 20.4 Å². The molecule has 0 amide bonds. The van der Waals surface area contributed by atoms with Crippen LogP contribution in [0.15, 0.2) is 96.0 Å².